The van der Waals surface area contributed by atoms with E-state index in [1.54, 1.807) is 0 Å². The summed E-state index contributed by atoms with van der Waals surface area (Å²) < 4.78 is 54.0. The molecule has 1 aromatic rings. The molecule has 102 valence electrons. The fraction of sp³-hybridized carbons (Fsp3) is 0.455. The van der Waals surface area contributed by atoms with Crippen LogP contribution in [-0.4, -0.2) is 19.8 Å². The van der Waals surface area contributed by atoms with Gasteiger partial charge in [-0.2, -0.15) is 13.2 Å². The molecule has 0 heterocycles. The SMILES string of the molecule is COc1cc(NCCCC(F)(F)F)c(F)cc1N. The third kappa shape index (κ3) is 4.31. The number of hydrogen-bond acceptors (Lipinski definition) is 3. The number of methoxy groups -OCH3 is 1. The molecule has 0 radical (unpaired) electrons. The molecule has 0 spiro atoms. The Kier molecular flexibility index (Phi) is 4.63. The fourth-order valence-corrected chi connectivity index (χ4v) is 1.39. The van der Waals surface area contributed by atoms with Crippen LogP contribution in [0.3, 0.4) is 0 Å². The summed E-state index contributed by atoms with van der Waals surface area (Å²) in [7, 11) is 1.37. The summed E-state index contributed by atoms with van der Waals surface area (Å²) in [6.45, 7) is 0.0174. The number of hydrogen-bond donors (Lipinski definition) is 2. The maximum Gasteiger partial charge on any atom is 0.389 e. The second kappa shape index (κ2) is 5.79. The van der Waals surface area contributed by atoms with E-state index in [1.807, 2.05) is 0 Å². The molecule has 1 rings (SSSR count). The molecule has 0 unspecified atom stereocenters. The van der Waals surface area contributed by atoms with Gasteiger partial charge in [-0.05, 0) is 6.42 Å². The van der Waals surface area contributed by atoms with Gasteiger partial charge in [-0.25, -0.2) is 4.39 Å². The monoisotopic (exact) mass is 266 g/mol. The Morgan fingerprint density at radius 1 is 1.33 bits per heavy atom. The van der Waals surface area contributed by atoms with E-state index in [9.17, 15) is 17.6 Å². The Balaban J connectivity index is 2.57. The zero-order valence-corrected chi connectivity index (χ0v) is 9.77. The van der Waals surface area contributed by atoms with Crippen LogP contribution in [0.4, 0.5) is 28.9 Å². The Morgan fingerprint density at radius 2 is 2.00 bits per heavy atom. The molecule has 0 bridgehead atoms. The number of halogens is 4. The Labute approximate surface area is 102 Å². The average molecular weight is 266 g/mol. The molecular weight excluding hydrogens is 252 g/mol. The number of nitrogens with one attached hydrogen (secondary N) is 1. The second-order valence-corrected chi connectivity index (χ2v) is 3.72. The normalized spacial score (nSPS) is 11.4. The van der Waals surface area contributed by atoms with Crippen LogP contribution in [0.25, 0.3) is 0 Å². The molecule has 0 aliphatic heterocycles. The van der Waals surface area contributed by atoms with Crippen LogP contribution in [0, 0.1) is 5.82 Å². The van der Waals surface area contributed by atoms with E-state index in [0.29, 0.717) is 0 Å². The lowest BCUT2D eigenvalue weighted by molar-refractivity contribution is -0.134. The summed E-state index contributed by atoms with van der Waals surface area (Å²) in [5.41, 5.74) is 5.68. The predicted octanol–water partition coefficient (Wildman–Crippen LogP) is 3.17. The minimum Gasteiger partial charge on any atom is -0.495 e. The van der Waals surface area contributed by atoms with Gasteiger partial charge in [0.1, 0.15) is 11.6 Å². The first kappa shape index (κ1) is 14.4. The van der Waals surface area contributed by atoms with Crippen molar-refractivity contribution in [3.63, 3.8) is 0 Å². The van der Waals surface area contributed by atoms with E-state index in [-0.39, 0.29) is 30.1 Å². The first-order valence-electron chi connectivity index (χ1n) is 5.27. The number of benzene rings is 1. The largest absolute Gasteiger partial charge is 0.495 e. The summed E-state index contributed by atoms with van der Waals surface area (Å²) in [4.78, 5) is 0. The van der Waals surface area contributed by atoms with E-state index in [1.165, 1.54) is 13.2 Å². The van der Waals surface area contributed by atoms with Crippen LogP contribution in [0.1, 0.15) is 12.8 Å². The van der Waals surface area contributed by atoms with E-state index < -0.39 is 18.4 Å². The van der Waals surface area contributed by atoms with Gasteiger partial charge in [0.25, 0.3) is 0 Å². The molecule has 18 heavy (non-hydrogen) atoms. The van der Waals surface area contributed by atoms with Gasteiger partial charge in [0.15, 0.2) is 0 Å². The highest BCUT2D eigenvalue weighted by atomic mass is 19.4. The van der Waals surface area contributed by atoms with Crippen LogP contribution in [-0.2, 0) is 0 Å². The number of rotatable bonds is 5. The topological polar surface area (TPSA) is 47.3 Å². The van der Waals surface area contributed by atoms with Crippen LogP contribution in [0.5, 0.6) is 5.75 Å². The molecule has 7 heteroatoms. The number of ether oxygens (including phenoxy) is 1. The van der Waals surface area contributed by atoms with E-state index in [0.717, 1.165) is 6.07 Å². The van der Waals surface area contributed by atoms with Gasteiger partial charge < -0.3 is 15.8 Å². The summed E-state index contributed by atoms with van der Waals surface area (Å²) in [5.74, 6) is -0.352. The van der Waals surface area contributed by atoms with E-state index in [2.05, 4.69) is 5.32 Å². The summed E-state index contributed by atoms with van der Waals surface area (Å²) >= 11 is 0. The van der Waals surface area contributed by atoms with Crippen LogP contribution >= 0.6 is 0 Å². The van der Waals surface area contributed by atoms with Gasteiger partial charge in [0, 0.05) is 25.1 Å². The number of nitrogen functional groups attached to an aromatic ring is 1. The van der Waals surface area contributed by atoms with Crippen molar-refractivity contribution in [2.24, 2.45) is 0 Å². The Morgan fingerprint density at radius 3 is 2.56 bits per heavy atom. The number of alkyl halides is 3. The lowest BCUT2D eigenvalue weighted by Crippen LogP contribution is -2.11. The lowest BCUT2D eigenvalue weighted by atomic mass is 10.2. The van der Waals surface area contributed by atoms with Crippen molar-refractivity contribution in [3.05, 3.63) is 17.9 Å². The minimum atomic E-state index is -4.20. The average Bonchev–Trinajstić information content (AvgIpc) is 2.25. The van der Waals surface area contributed by atoms with Gasteiger partial charge in [-0.1, -0.05) is 0 Å². The molecule has 0 amide bonds. The van der Waals surface area contributed by atoms with Crippen LogP contribution < -0.4 is 15.8 Å². The summed E-state index contributed by atoms with van der Waals surface area (Å²) in [6.07, 6.45) is -5.23. The molecule has 0 atom stereocenters. The maximum atomic E-state index is 13.4. The van der Waals surface area contributed by atoms with E-state index >= 15 is 0 Å². The molecule has 0 aliphatic rings. The highest BCUT2D eigenvalue weighted by molar-refractivity contribution is 5.62. The second-order valence-electron chi connectivity index (χ2n) is 3.72. The van der Waals surface area contributed by atoms with Crippen molar-refractivity contribution in [2.75, 3.05) is 24.7 Å². The third-order valence-electron chi connectivity index (χ3n) is 2.27. The van der Waals surface area contributed by atoms with Gasteiger partial charge in [-0.3, -0.25) is 0 Å². The van der Waals surface area contributed by atoms with Crippen LogP contribution in [0.15, 0.2) is 12.1 Å². The number of anilines is 2. The zero-order chi connectivity index (χ0) is 13.8. The molecule has 0 saturated carbocycles. The standard InChI is InChI=1S/C11H14F4N2O/c1-18-10-6-9(7(12)5-8(10)16)17-4-2-3-11(13,14)15/h5-6,17H,2-4,16H2,1H3. The van der Waals surface area contributed by atoms with Crippen molar-refractivity contribution in [2.45, 2.75) is 19.0 Å². The quantitative estimate of drug-likeness (QED) is 0.489. The fourth-order valence-electron chi connectivity index (χ4n) is 1.39. The molecular formula is C11H14F4N2O. The zero-order valence-electron chi connectivity index (χ0n) is 9.77. The van der Waals surface area contributed by atoms with Crippen molar-refractivity contribution < 1.29 is 22.3 Å². The highest BCUT2D eigenvalue weighted by Gasteiger charge is 2.25. The molecule has 0 aliphatic carbocycles. The molecule has 3 nitrogen and oxygen atoms in total. The lowest BCUT2D eigenvalue weighted by Gasteiger charge is -2.12. The van der Waals surface area contributed by atoms with Crippen LogP contribution in [0.2, 0.25) is 0 Å². The van der Waals surface area contributed by atoms with Gasteiger partial charge in [-0.15, -0.1) is 0 Å². The predicted molar refractivity (Wildman–Crippen MR) is 61.1 cm³/mol. The number of nitrogens with two attached hydrogens (primary N) is 1. The van der Waals surface area contributed by atoms with Crippen molar-refractivity contribution in [1.29, 1.82) is 0 Å². The molecule has 0 aromatic heterocycles. The summed E-state index contributed by atoms with van der Waals surface area (Å²) in [5, 5.41) is 2.58. The first-order chi connectivity index (χ1) is 8.33. The first-order valence-corrected chi connectivity index (χ1v) is 5.27. The maximum absolute atomic E-state index is 13.4. The highest BCUT2D eigenvalue weighted by Crippen LogP contribution is 2.28. The van der Waals surface area contributed by atoms with Gasteiger partial charge >= 0.3 is 6.18 Å². The Hall–Kier alpha value is -1.66. The summed E-state index contributed by atoms with van der Waals surface area (Å²) in [6, 6.07) is 2.38. The van der Waals surface area contributed by atoms with Crippen molar-refractivity contribution >= 4 is 11.4 Å². The minimum absolute atomic E-state index is 0.0174. The Bertz CT molecular complexity index is 407. The smallest absolute Gasteiger partial charge is 0.389 e. The van der Waals surface area contributed by atoms with E-state index in [4.69, 9.17) is 10.5 Å². The van der Waals surface area contributed by atoms with Crippen molar-refractivity contribution in [1.82, 2.24) is 0 Å². The third-order valence-corrected chi connectivity index (χ3v) is 2.27. The molecule has 3 N–H and O–H groups in total. The van der Waals surface area contributed by atoms with Gasteiger partial charge in [0.05, 0.1) is 18.5 Å². The molecule has 0 saturated heterocycles. The molecule has 0 fully saturated rings. The van der Waals surface area contributed by atoms with Gasteiger partial charge in [0.2, 0.25) is 0 Å². The van der Waals surface area contributed by atoms with Crippen molar-refractivity contribution in [3.8, 4) is 5.75 Å². The molecule has 1 aromatic carbocycles.